The number of hydrogen-bond donors (Lipinski definition) is 2. The first-order valence-electron chi connectivity index (χ1n) is 9.05. The summed E-state index contributed by atoms with van der Waals surface area (Å²) < 4.78 is 12.4. The molecular formula is C21H21N5O3. The molecule has 0 aliphatic carbocycles. The zero-order valence-electron chi connectivity index (χ0n) is 16.3. The summed E-state index contributed by atoms with van der Waals surface area (Å²) in [6.45, 7) is 1.80. The van der Waals surface area contributed by atoms with Crippen molar-refractivity contribution in [2.45, 2.75) is 13.0 Å². The molecule has 3 N–H and O–H groups in total. The smallest absolute Gasteiger partial charge is 0.248 e. The highest BCUT2D eigenvalue weighted by atomic mass is 16.5. The van der Waals surface area contributed by atoms with Crippen molar-refractivity contribution in [1.29, 1.82) is 0 Å². The van der Waals surface area contributed by atoms with Gasteiger partial charge in [-0.15, -0.1) is 5.10 Å². The Labute approximate surface area is 168 Å². The number of methoxy groups -OCH3 is 2. The van der Waals surface area contributed by atoms with E-state index in [9.17, 15) is 4.79 Å². The number of hydrogen-bond acceptors (Lipinski definition) is 6. The zero-order valence-corrected chi connectivity index (χ0v) is 16.3. The van der Waals surface area contributed by atoms with Gasteiger partial charge in [-0.25, -0.2) is 4.68 Å². The van der Waals surface area contributed by atoms with Gasteiger partial charge in [0, 0.05) is 11.3 Å². The molecule has 2 aromatic carbocycles. The summed E-state index contributed by atoms with van der Waals surface area (Å²) in [6, 6.07) is 14.6. The summed E-state index contributed by atoms with van der Waals surface area (Å²) >= 11 is 0. The van der Waals surface area contributed by atoms with Crippen LogP contribution in [-0.4, -0.2) is 34.9 Å². The van der Waals surface area contributed by atoms with Gasteiger partial charge in [0.15, 0.2) is 17.3 Å². The number of carbonyl (C=O) groups excluding carboxylic acids is 1. The van der Waals surface area contributed by atoms with Crippen molar-refractivity contribution in [3.63, 3.8) is 0 Å². The maximum atomic E-state index is 12.3. The number of allylic oxidation sites excluding steroid dienone is 1. The highest BCUT2D eigenvalue weighted by molar-refractivity contribution is 5.95. The first-order chi connectivity index (χ1) is 14.0. The number of nitrogens with one attached hydrogen (secondary N) is 1. The third kappa shape index (κ3) is 3.18. The Balaban J connectivity index is 1.89. The molecule has 8 nitrogen and oxygen atoms in total. The largest absolute Gasteiger partial charge is 0.493 e. The fraction of sp³-hybridized carbons (Fsp3) is 0.190. The first kappa shape index (κ1) is 18.5. The van der Waals surface area contributed by atoms with Crippen molar-refractivity contribution in [1.82, 2.24) is 14.8 Å². The molecule has 1 amide bonds. The van der Waals surface area contributed by atoms with Gasteiger partial charge in [-0.2, -0.15) is 4.98 Å². The predicted molar refractivity (Wildman–Crippen MR) is 109 cm³/mol. The van der Waals surface area contributed by atoms with E-state index in [-0.39, 0.29) is 0 Å². The van der Waals surface area contributed by atoms with Gasteiger partial charge in [-0.1, -0.05) is 36.4 Å². The number of fused-ring (bicyclic) bond motifs is 1. The SMILES string of the molecule is COc1ccc([C@@H]2C(C(N)=O)=C(C)Nc3nc(-c4ccccc4)nn32)cc1OC. The molecule has 0 unspecified atom stereocenters. The molecule has 0 saturated heterocycles. The summed E-state index contributed by atoms with van der Waals surface area (Å²) in [4.78, 5) is 16.9. The average molecular weight is 391 g/mol. The van der Waals surface area contributed by atoms with Crippen LogP contribution in [0.1, 0.15) is 18.5 Å². The molecule has 29 heavy (non-hydrogen) atoms. The van der Waals surface area contributed by atoms with Gasteiger partial charge < -0.3 is 20.5 Å². The van der Waals surface area contributed by atoms with Crippen LogP contribution >= 0.6 is 0 Å². The summed E-state index contributed by atoms with van der Waals surface area (Å²) in [5.74, 6) is 1.70. The van der Waals surface area contributed by atoms with E-state index in [2.05, 4.69) is 15.4 Å². The van der Waals surface area contributed by atoms with Crippen LogP contribution in [0.4, 0.5) is 5.95 Å². The Morgan fingerprint density at radius 2 is 1.83 bits per heavy atom. The average Bonchev–Trinajstić information content (AvgIpc) is 3.16. The highest BCUT2D eigenvalue weighted by Gasteiger charge is 2.34. The van der Waals surface area contributed by atoms with Gasteiger partial charge in [0.1, 0.15) is 6.04 Å². The predicted octanol–water partition coefficient (Wildman–Crippen LogP) is 2.74. The van der Waals surface area contributed by atoms with Crippen molar-refractivity contribution in [2.24, 2.45) is 5.73 Å². The van der Waals surface area contributed by atoms with E-state index in [1.54, 1.807) is 31.9 Å². The van der Waals surface area contributed by atoms with Crippen molar-refractivity contribution in [3.8, 4) is 22.9 Å². The minimum absolute atomic E-state index is 0.411. The Bertz CT molecular complexity index is 1100. The van der Waals surface area contributed by atoms with Crippen LogP contribution in [0.25, 0.3) is 11.4 Å². The van der Waals surface area contributed by atoms with E-state index in [4.69, 9.17) is 15.2 Å². The molecule has 1 aliphatic heterocycles. The minimum Gasteiger partial charge on any atom is -0.493 e. The van der Waals surface area contributed by atoms with Gasteiger partial charge >= 0.3 is 0 Å². The van der Waals surface area contributed by atoms with Gasteiger partial charge in [0.25, 0.3) is 0 Å². The quantitative estimate of drug-likeness (QED) is 0.693. The standard InChI is InChI=1S/C21H21N5O3/c1-12-17(19(22)27)18(14-9-10-15(28-2)16(11-14)29-3)26-21(23-12)24-20(25-26)13-7-5-4-6-8-13/h4-11,18H,1-3H3,(H2,22,27)(H,23,24,25)/t18-/m1/s1. The van der Waals surface area contributed by atoms with Crippen LogP contribution in [-0.2, 0) is 4.79 Å². The third-order valence-corrected chi connectivity index (χ3v) is 4.87. The first-order valence-corrected chi connectivity index (χ1v) is 9.05. The molecule has 2 heterocycles. The molecule has 1 atom stereocenters. The van der Waals surface area contributed by atoms with E-state index in [0.717, 1.165) is 11.1 Å². The van der Waals surface area contributed by atoms with Crippen LogP contribution in [0.15, 0.2) is 59.8 Å². The number of rotatable bonds is 5. The fourth-order valence-electron chi connectivity index (χ4n) is 3.51. The molecule has 0 fully saturated rings. The van der Waals surface area contributed by atoms with Crippen LogP contribution in [0.3, 0.4) is 0 Å². The molecule has 148 valence electrons. The topological polar surface area (TPSA) is 104 Å². The zero-order chi connectivity index (χ0) is 20.5. The Hall–Kier alpha value is -3.81. The summed E-state index contributed by atoms with van der Waals surface area (Å²) in [7, 11) is 3.14. The van der Waals surface area contributed by atoms with Crippen molar-refractivity contribution in [3.05, 3.63) is 65.4 Å². The highest BCUT2D eigenvalue weighted by Crippen LogP contribution is 2.39. The molecule has 8 heteroatoms. The van der Waals surface area contributed by atoms with Crippen LogP contribution in [0, 0.1) is 0 Å². The van der Waals surface area contributed by atoms with Crippen molar-refractivity contribution >= 4 is 11.9 Å². The lowest BCUT2D eigenvalue weighted by atomic mass is 9.95. The molecule has 1 aromatic heterocycles. The van der Waals surface area contributed by atoms with Gasteiger partial charge in [0.2, 0.25) is 11.9 Å². The third-order valence-electron chi connectivity index (χ3n) is 4.87. The molecule has 0 radical (unpaired) electrons. The van der Waals surface area contributed by atoms with Crippen LogP contribution < -0.4 is 20.5 Å². The number of anilines is 1. The van der Waals surface area contributed by atoms with E-state index >= 15 is 0 Å². The molecule has 0 bridgehead atoms. The Morgan fingerprint density at radius 1 is 1.10 bits per heavy atom. The number of amides is 1. The maximum absolute atomic E-state index is 12.3. The van der Waals surface area contributed by atoms with E-state index in [1.807, 2.05) is 42.5 Å². The van der Waals surface area contributed by atoms with Crippen LogP contribution in [0.2, 0.25) is 0 Å². The van der Waals surface area contributed by atoms with Crippen molar-refractivity contribution in [2.75, 3.05) is 19.5 Å². The monoisotopic (exact) mass is 391 g/mol. The number of aromatic nitrogens is 3. The van der Waals surface area contributed by atoms with E-state index < -0.39 is 11.9 Å². The number of carbonyl (C=O) groups is 1. The fourth-order valence-corrected chi connectivity index (χ4v) is 3.51. The summed E-state index contributed by atoms with van der Waals surface area (Å²) in [5.41, 5.74) is 8.44. The Kier molecular flexibility index (Phi) is 4.67. The lowest BCUT2D eigenvalue weighted by Gasteiger charge is -2.28. The second-order valence-electron chi connectivity index (χ2n) is 6.61. The number of primary amides is 1. The van der Waals surface area contributed by atoms with Gasteiger partial charge in [-0.05, 0) is 24.6 Å². The maximum Gasteiger partial charge on any atom is 0.248 e. The second-order valence-corrected chi connectivity index (χ2v) is 6.61. The molecule has 0 saturated carbocycles. The van der Waals surface area contributed by atoms with E-state index in [1.165, 1.54) is 0 Å². The van der Waals surface area contributed by atoms with E-state index in [0.29, 0.717) is 34.5 Å². The summed E-state index contributed by atoms with van der Waals surface area (Å²) in [6.07, 6.45) is 0. The Morgan fingerprint density at radius 3 is 2.48 bits per heavy atom. The lowest BCUT2D eigenvalue weighted by molar-refractivity contribution is -0.115. The summed E-state index contributed by atoms with van der Waals surface area (Å²) in [5, 5.41) is 7.82. The molecule has 4 rings (SSSR count). The lowest BCUT2D eigenvalue weighted by Crippen LogP contribution is -2.31. The normalized spacial score (nSPS) is 15.5. The number of ether oxygens (including phenoxy) is 2. The number of nitrogens with two attached hydrogens (primary N) is 1. The van der Waals surface area contributed by atoms with Crippen molar-refractivity contribution < 1.29 is 14.3 Å². The molecule has 3 aromatic rings. The number of nitrogens with zero attached hydrogens (tertiary/aromatic N) is 3. The van der Waals surface area contributed by atoms with Crippen LogP contribution in [0.5, 0.6) is 11.5 Å². The second kappa shape index (κ2) is 7.31. The van der Waals surface area contributed by atoms with Gasteiger partial charge in [0.05, 0.1) is 19.8 Å². The molecule has 0 spiro atoms. The minimum atomic E-state index is -0.548. The molecule has 1 aliphatic rings. The number of benzene rings is 2. The van der Waals surface area contributed by atoms with Gasteiger partial charge in [-0.3, -0.25) is 4.79 Å². The molecular weight excluding hydrogens is 370 g/mol.